The first-order chi connectivity index (χ1) is 26.5. The van der Waals surface area contributed by atoms with E-state index in [-0.39, 0.29) is 0 Å². The molecule has 0 aliphatic rings. The predicted octanol–water partition coefficient (Wildman–Crippen LogP) is 14.8. The lowest BCUT2D eigenvalue weighted by Crippen LogP contribution is -2.37. The normalized spacial score (nSPS) is 12.2. The molecule has 7 aromatic carbocycles. The maximum Gasteiger partial charge on any atom is 0.0775 e. The van der Waals surface area contributed by atoms with Crippen molar-refractivity contribution in [2.45, 2.75) is 58.9 Å². The topological polar surface area (TPSA) is 0 Å². The van der Waals surface area contributed by atoms with E-state index in [1.165, 1.54) is 82.3 Å². The Hall–Kier alpha value is -3.85. The molecule has 282 valence electrons. The van der Waals surface area contributed by atoms with Crippen LogP contribution in [0, 0.1) is 0 Å². The first-order valence-electron chi connectivity index (χ1n) is 19.6. The van der Waals surface area contributed by atoms with Crippen LogP contribution in [0.4, 0.5) is 0 Å². The fraction of sp³-hybridized carbons (Fsp3) is 0.176. The Kier molecular flexibility index (Phi) is 11.4. The number of hydrogen-bond donors (Lipinski definition) is 0. The van der Waals surface area contributed by atoms with E-state index < -0.39 is 24.2 Å². The molecule has 7 rings (SSSR count). The third-order valence-electron chi connectivity index (χ3n) is 10.9. The van der Waals surface area contributed by atoms with E-state index in [0.717, 1.165) is 8.95 Å². The maximum atomic E-state index is 3.77. The van der Waals surface area contributed by atoms with Gasteiger partial charge >= 0.3 is 0 Å². The van der Waals surface area contributed by atoms with Gasteiger partial charge in [0.2, 0.25) is 0 Å². The van der Waals surface area contributed by atoms with Gasteiger partial charge in [0, 0.05) is 8.95 Å². The Bertz CT molecular complexity index is 2340. The van der Waals surface area contributed by atoms with Gasteiger partial charge in [-0.25, -0.2) is 0 Å². The van der Waals surface area contributed by atoms with Crippen molar-refractivity contribution >= 4 is 71.6 Å². The molecule has 7 aromatic rings. The van der Waals surface area contributed by atoms with Crippen LogP contribution in [0.1, 0.15) is 0 Å². The van der Waals surface area contributed by atoms with E-state index in [9.17, 15) is 0 Å². The Morgan fingerprint density at radius 3 is 0.661 bits per heavy atom. The smallest absolute Gasteiger partial charge is 0.0656 e. The molecule has 0 nitrogen and oxygen atoms in total. The molecule has 0 saturated heterocycles. The maximum absolute atomic E-state index is 3.77. The average Bonchev–Trinajstić information content (AvgIpc) is 3.17. The fourth-order valence-corrected chi connectivity index (χ4v) is 11.8. The minimum Gasteiger partial charge on any atom is -0.0656 e. The zero-order valence-corrected chi connectivity index (χ0v) is 40.4. The molecule has 56 heavy (non-hydrogen) atoms. The third kappa shape index (κ3) is 8.39. The molecule has 0 atom stereocenters. The van der Waals surface area contributed by atoms with Crippen LogP contribution in [0.3, 0.4) is 0 Å². The Morgan fingerprint density at radius 2 is 0.446 bits per heavy atom. The van der Waals surface area contributed by atoms with Gasteiger partial charge in [0.15, 0.2) is 0 Å². The summed E-state index contributed by atoms with van der Waals surface area (Å²) in [7, 11) is -4.65. The summed E-state index contributed by atoms with van der Waals surface area (Å²) in [5, 5.41) is 4.38. The zero-order valence-electron chi connectivity index (χ0n) is 34.2. The van der Waals surface area contributed by atoms with Gasteiger partial charge in [0.25, 0.3) is 0 Å². The van der Waals surface area contributed by atoms with Crippen LogP contribution < -0.4 is 15.6 Å². The minimum absolute atomic E-state index is 1.07. The lowest BCUT2D eigenvalue weighted by atomic mass is 9.74. The van der Waals surface area contributed by atoms with Crippen molar-refractivity contribution in [2.24, 2.45) is 0 Å². The second-order valence-corrected chi connectivity index (χ2v) is 35.2. The summed E-state index contributed by atoms with van der Waals surface area (Å²) in [6.45, 7) is 21.9. The Balaban J connectivity index is 1.77. The van der Waals surface area contributed by atoms with Gasteiger partial charge in [0.05, 0.1) is 24.2 Å². The molecule has 0 saturated carbocycles. The molecule has 0 unspecified atom stereocenters. The van der Waals surface area contributed by atoms with E-state index in [1.807, 2.05) is 0 Å². The fourth-order valence-electron chi connectivity index (χ4n) is 7.73. The van der Waals surface area contributed by atoms with Crippen LogP contribution in [0.2, 0.25) is 58.9 Å². The van der Waals surface area contributed by atoms with Crippen molar-refractivity contribution in [3.8, 4) is 66.8 Å². The van der Waals surface area contributed by atoms with Crippen LogP contribution >= 0.6 is 31.9 Å². The van der Waals surface area contributed by atoms with Gasteiger partial charge < -0.3 is 0 Å². The highest BCUT2D eigenvalue weighted by molar-refractivity contribution is 9.10. The first-order valence-corrected chi connectivity index (χ1v) is 31.7. The number of rotatable bonds is 9. The second-order valence-electron chi connectivity index (χ2n) is 18.1. The van der Waals surface area contributed by atoms with Gasteiger partial charge in [-0.3, -0.25) is 0 Å². The number of benzene rings is 7. The number of halogens is 2. The van der Waals surface area contributed by atoms with Crippen molar-refractivity contribution in [3.05, 3.63) is 161 Å². The van der Waals surface area contributed by atoms with Crippen molar-refractivity contribution < 1.29 is 0 Å². The molecule has 0 amide bonds. The predicted molar refractivity (Wildman–Crippen MR) is 263 cm³/mol. The van der Waals surface area contributed by atoms with E-state index in [4.69, 9.17) is 0 Å². The highest BCUT2D eigenvalue weighted by atomic mass is 79.9. The summed E-state index contributed by atoms with van der Waals surface area (Å²) in [6.07, 6.45) is 0. The van der Waals surface area contributed by atoms with Gasteiger partial charge in [-0.05, 0) is 91.0 Å². The molecule has 0 fully saturated rings. The monoisotopic (exact) mass is 906 g/mol. The highest BCUT2D eigenvalue weighted by Crippen LogP contribution is 2.56. The zero-order chi connectivity index (χ0) is 40.0. The van der Waals surface area contributed by atoms with Crippen LogP contribution in [0.5, 0.6) is 0 Å². The molecule has 0 aromatic heterocycles. The largest absolute Gasteiger partial charge is 0.0775 e. The summed E-state index contributed by atoms with van der Waals surface area (Å²) in [5.41, 5.74) is 14.8. The van der Waals surface area contributed by atoms with Crippen LogP contribution in [0.15, 0.2) is 161 Å². The SMILES string of the molecule is C[Si](C)(C)c1ccc(-c2c(-c3ccccc3)c(-c3ccc([Si](C)(C)C)cc3)c(-c3ccc(Br)cc3)c(-c3ccc([Si](C)(C)C)cc3)c2-c2ccc(Br)cc2)cc1. The van der Waals surface area contributed by atoms with Gasteiger partial charge in [-0.2, -0.15) is 0 Å². The molecule has 0 aliphatic heterocycles. The standard InChI is InChI=1S/C51H52Br2Si3/c1-54(2,3)43-29-19-38(20-30-43)49-46(35-13-11-10-12-14-35)50(39-21-31-44(32-22-39)55(4,5)6)48(37-17-27-42(53)28-18-37)51(47(49)36-15-25-41(52)26-16-36)40-23-33-45(34-24-40)56(7,8)9/h10-34H,1-9H3. The highest BCUT2D eigenvalue weighted by Gasteiger charge is 2.30. The lowest BCUT2D eigenvalue weighted by Gasteiger charge is -2.29. The van der Waals surface area contributed by atoms with Crippen molar-refractivity contribution in [1.29, 1.82) is 0 Å². The summed E-state index contributed by atoms with van der Waals surface area (Å²) in [4.78, 5) is 0. The van der Waals surface area contributed by atoms with Gasteiger partial charge in [-0.1, -0.05) is 234 Å². The molecule has 0 N–H and O–H groups in total. The van der Waals surface area contributed by atoms with Crippen molar-refractivity contribution in [1.82, 2.24) is 0 Å². The molecular formula is C51H52Br2Si3. The van der Waals surface area contributed by atoms with E-state index in [2.05, 4.69) is 242 Å². The first kappa shape index (κ1) is 40.4. The summed E-state index contributed by atoms with van der Waals surface area (Å²) in [6, 6.07) is 57.8. The second kappa shape index (κ2) is 15.8. The summed E-state index contributed by atoms with van der Waals surface area (Å²) >= 11 is 7.55. The molecule has 5 heteroatoms. The van der Waals surface area contributed by atoms with Crippen LogP contribution in [-0.4, -0.2) is 24.2 Å². The molecule has 0 heterocycles. The minimum atomic E-state index is -1.55. The van der Waals surface area contributed by atoms with E-state index in [1.54, 1.807) is 0 Å². The third-order valence-corrected chi connectivity index (χ3v) is 18.2. The van der Waals surface area contributed by atoms with Gasteiger partial charge in [0.1, 0.15) is 0 Å². The summed E-state index contributed by atoms with van der Waals surface area (Å²) in [5.74, 6) is 0. The summed E-state index contributed by atoms with van der Waals surface area (Å²) < 4.78 is 2.14. The number of hydrogen-bond acceptors (Lipinski definition) is 0. The Labute approximate surface area is 355 Å². The molecule has 0 spiro atoms. The van der Waals surface area contributed by atoms with Crippen LogP contribution in [-0.2, 0) is 0 Å². The average molecular weight is 909 g/mol. The van der Waals surface area contributed by atoms with Crippen molar-refractivity contribution in [3.63, 3.8) is 0 Å². The quantitative estimate of drug-likeness (QED) is 0.127. The van der Waals surface area contributed by atoms with Crippen molar-refractivity contribution in [2.75, 3.05) is 0 Å². The van der Waals surface area contributed by atoms with E-state index in [0.29, 0.717) is 0 Å². The van der Waals surface area contributed by atoms with Crippen LogP contribution in [0.25, 0.3) is 66.8 Å². The molecule has 0 radical (unpaired) electrons. The molecule has 0 aliphatic carbocycles. The van der Waals surface area contributed by atoms with Gasteiger partial charge in [-0.15, -0.1) is 0 Å². The van der Waals surface area contributed by atoms with E-state index >= 15 is 0 Å². The lowest BCUT2D eigenvalue weighted by molar-refractivity contribution is 1.51. The molecular weight excluding hydrogens is 857 g/mol. The Morgan fingerprint density at radius 1 is 0.250 bits per heavy atom. The molecule has 0 bridgehead atoms.